The first-order valence-electron chi connectivity index (χ1n) is 8.63. The number of hydrogen-bond acceptors (Lipinski definition) is 4. The number of fused-ring (bicyclic) bond motifs is 1. The molecule has 2 aromatic rings. The molecule has 1 amide bonds. The molecule has 0 radical (unpaired) electrons. The Labute approximate surface area is 157 Å². The molecule has 138 valence electrons. The Morgan fingerprint density at radius 3 is 2.85 bits per heavy atom. The summed E-state index contributed by atoms with van der Waals surface area (Å²) in [5.74, 6) is 2.06. The fraction of sp³-hybridized carbons (Fsp3) is 0.350. The molecular weight excluding hydrogens is 353 g/mol. The van der Waals surface area contributed by atoms with E-state index < -0.39 is 0 Å². The van der Waals surface area contributed by atoms with Crippen LogP contribution in [0.4, 0.5) is 10.1 Å². The molecule has 4 nitrogen and oxygen atoms in total. The molecule has 3 rings (SSSR count). The SMILES string of the molecule is CCOc1cc2c(cc1NC(=O)CSCc1ccc(F)cc1)O[C@@H](C)C2. The minimum Gasteiger partial charge on any atom is -0.492 e. The van der Waals surface area contributed by atoms with Crippen molar-refractivity contribution in [3.8, 4) is 11.5 Å². The Bertz CT molecular complexity index is 779. The monoisotopic (exact) mass is 375 g/mol. The summed E-state index contributed by atoms with van der Waals surface area (Å²) in [6.07, 6.45) is 0.980. The standard InChI is InChI=1S/C20H22FNO3S/c1-3-24-19-9-15-8-13(2)25-18(15)10-17(19)22-20(23)12-26-11-14-4-6-16(21)7-5-14/h4-7,9-10,13H,3,8,11-12H2,1-2H3,(H,22,23)/t13-/m0/s1. The van der Waals surface area contributed by atoms with Gasteiger partial charge in [0.25, 0.3) is 0 Å². The van der Waals surface area contributed by atoms with Crippen molar-refractivity contribution in [2.45, 2.75) is 32.1 Å². The summed E-state index contributed by atoms with van der Waals surface area (Å²) in [6, 6.07) is 10.1. The number of thioether (sulfide) groups is 1. The Kier molecular flexibility index (Phi) is 6.04. The van der Waals surface area contributed by atoms with Gasteiger partial charge in [0.2, 0.25) is 5.91 Å². The van der Waals surface area contributed by atoms with Crippen molar-refractivity contribution in [2.75, 3.05) is 17.7 Å². The third kappa shape index (κ3) is 4.69. The third-order valence-electron chi connectivity index (χ3n) is 3.99. The average molecular weight is 375 g/mol. The van der Waals surface area contributed by atoms with Crippen molar-refractivity contribution in [1.82, 2.24) is 0 Å². The van der Waals surface area contributed by atoms with Crippen molar-refractivity contribution in [2.24, 2.45) is 0 Å². The topological polar surface area (TPSA) is 47.6 Å². The number of halogens is 1. The minimum atomic E-state index is -0.256. The van der Waals surface area contributed by atoms with E-state index in [9.17, 15) is 9.18 Å². The molecule has 1 aliphatic heterocycles. The Morgan fingerprint density at radius 1 is 1.35 bits per heavy atom. The third-order valence-corrected chi connectivity index (χ3v) is 4.99. The number of ether oxygens (including phenoxy) is 2. The first-order valence-corrected chi connectivity index (χ1v) is 9.79. The highest BCUT2D eigenvalue weighted by molar-refractivity contribution is 7.99. The highest BCUT2D eigenvalue weighted by Gasteiger charge is 2.22. The molecule has 0 aromatic heterocycles. The summed E-state index contributed by atoms with van der Waals surface area (Å²) in [6.45, 7) is 4.46. The molecule has 2 aromatic carbocycles. The van der Waals surface area contributed by atoms with E-state index in [0.717, 1.165) is 23.3 Å². The molecule has 1 N–H and O–H groups in total. The van der Waals surface area contributed by atoms with E-state index in [1.807, 2.05) is 26.0 Å². The van der Waals surface area contributed by atoms with Gasteiger partial charge in [-0.05, 0) is 37.6 Å². The molecule has 26 heavy (non-hydrogen) atoms. The zero-order valence-electron chi connectivity index (χ0n) is 14.9. The number of carbonyl (C=O) groups is 1. The molecular formula is C20H22FNO3S. The molecule has 0 aliphatic carbocycles. The molecule has 0 saturated carbocycles. The lowest BCUT2D eigenvalue weighted by atomic mass is 10.1. The van der Waals surface area contributed by atoms with Crippen LogP contribution in [0.5, 0.6) is 11.5 Å². The number of amides is 1. The maximum atomic E-state index is 12.9. The van der Waals surface area contributed by atoms with Crippen LogP contribution in [0.3, 0.4) is 0 Å². The number of hydrogen-bond donors (Lipinski definition) is 1. The lowest BCUT2D eigenvalue weighted by molar-refractivity contribution is -0.113. The van der Waals surface area contributed by atoms with Crippen LogP contribution >= 0.6 is 11.8 Å². The minimum absolute atomic E-state index is 0.107. The lowest BCUT2D eigenvalue weighted by Gasteiger charge is -2.13. The van der Waals surface area contributed by atoms with Crippen molar-refractivity contribution in [3.63, 3.8) is 0 Å². The second kappa shape index (κ2) is 8.45. The highest BCUT2D eigenvalue weighted by Crippen LogP contribution is 2.38. The number of nitrogens with one attached hydrogen (secondary N) is 1. The fourth-order valence-electron chi connectivity index (χ4n) is 2.84. The van der Waals surface area contributed by atoms with Gasteiger partial charge < -0.3 is 14.8 Å². The second-order valence-electron chi connectivity index (χ2n) is 6.19. The van der Waals surface area contributed by atoms with Crippen LogP contribution in [-0.2, 0) is 17.0 Å². The zero-order chi connectivity index (χ0) is 18.5. The van der Waals surface area contributed by atoms with E-state index in [1.54, 1.807) is 12.1 Å². The summed E-state index contributed by atoms with van der Waals surface area (Å²) < 4.78 is 24.3. The predicted molar refractivity (Wildman–Crippen MR) is 103 cm³/mol. The molecule has 0 spiro atoms. The van der Waals surface area contributed by atoms with E-state index in [0.29, 0.717) is 29.5 Å². The van der Waals surface area contributed by atoms with E-state index in [-0.39, 0.29) is 17.8 Å². The maximum absolute atomic E-state index is 12.9. The van der Waals surface area contributed by atoms with Crippen molar-refractivity contribution in [1.29, 1.82) is 0 Å². The molecule has 1 heterocycles. The number of benzene rings is 2. The van der Waals surface area contributed by atoms with Crippen molar-refractivity contribution >= 4 is 23.4 Å². The van der Waals surface area contributed by atoms with E-state index in [1.165, 1.54) is 23.9 Å². The summed E-state index contributed by atoms with van der Waals surface area (Å²) in [4.78, 5) is 12.3. The quantitative estimate of drug-likeness (QED) is 0.778. The van der Waals surface area contributed by atoms with Crippen LogP contribution in [0.1, 0.15) is 25.0 Å². The van der Waals surface area contributed by atoms with Gasteiger partial charge in [-0.2, -0.15) is 0 Å². The molecule has 0 unspecified atom stereocenters. The molecule has 1 aliphatic rings. The normalized spacial score (nSPS) is 15.3. The summed E-state index contributed by atoms with van der Waals surface area (Å²) >= 11 is 1.48. The second-order valence-corrected chi connectivity index (χ2v) is 7.17. The Morgan fingerprint density at radius 2 is 2.12 bits per heavy atom. The van der Waals surface area contributed by atoms with Crippen LogP contribution in [0.15, 0.2) is 36.4 Å². The van der Waals surface area contributed by atoms with Gasteiger partial charge in [-0.15, -0.1) is 11.8 Å². The van der Waals surface area contributed by atoms with Gasteiger partial charge in [-0.25, -0.2) is 4.39 Å². The molecule has 0 saturated heterocycles. The molecule has 0 bridgehead atoms. The predicted octanol–water partition coefficient (Wildman–Crippen LogP) is 4.42. The number of carbonyl (C=O) groups excluding carboxylic acids is 1. The molecule has 6 heteroatoms. The highest BCUT2D eigenvalue weighted by atomic mass is 32.2. The van der Waals surface area contributed by atoms with Gasteiger partial charge in [-0.3, -0.25) is 4.79 Å². The smallest absolute Gasteiger partial charge is 0.234 e. The average Bonchev–Trinajstić information content (AvgIpc) is 2.96. The Balaban J connectivity index is 1.59. The van der Waals surface area contributed by atoms with Gasteiger partial charge in [0.05, 0.1) is 18.0 Å². The Hall–Kier alpha value is -2.21. The van der Waals surface area contributed by atoms with Crippen LogP contribution in [0.2, 0.25) is 0 Å². The largest absolute Gasteiger partial charge is 0.492 e. The van der Waals surface area contributed by atoms with Crippen molar-refractivity contribution < 1.29 is 18.7 Å². The summed E-state index contributed by atoms with van der Waals surface area (Å²) in [7, 11) is 0. The number of rotatable bonds is 7. The molecule has 1 atom stereocenters. The first-order chi connectivity index (χ1) is 12.5. The van der Waals surface area contributed by atoms with Crippen LogP contribution in [0.25, 0.3) is 0 Å². The van der Waals surface area contributed by atoms with Gasteiger partial charge >= 0.3 is 0 Å². The summed E-state index contributed by atoms with van der Waals surface area (Å²) in [5.41, 5.74) is 2.72. The lowest BCUT2D eigenvalue weighted by Crippen LogP contribution is -2.15. The zero-order valence-corrected chi connectivity index (χ0v) is 15.7. The fourth-order valence-corrected chi connectivity index (χ4v) is 3.63. The first kappa shape index (κ1) is 18.6. The van der Waals surface area contributed by atoms with Crippen LogP contribution < -0.4 is 14.8 Å². The van der Waals surface area contributed by atoms with Gasteiger partial charge in [0.1, 0.15) is 23.4 Å². The number of anilines is 1. The van der Waals surface area contributed by atoms with E-state index in [2.05, 4.69) is 5.32 Å². The van der Waals surface area contributed by atoms with Crippen molar-refractivity contribution in [3.05, 3.63) is 53.3 Å². The summed E-state index contributed by atoms with van der Waals surface area (Å²) in [5, 5.41) is 2.91. The van der Waals surface area contributed by atoms with Crippen LogP contribution in [-0.4, -0.2) is 24.4 Å². The van der Waals surface area contributed by atoms with Gasteiger partial charge in [0, 0.05) is 23.8 Å². The van der Waals surface area contributed by atoms with E-state index in [4.69, 9.17) is 9.47 Å². The molecule has 0 fully saturated rings. The maximum Gasteiger partial charge on any atom is 0.234 e. The van der Waals surface area contributed by atoms with Gasteiger partial charge in [-0.1, -0.05) is 12.1 Å². The van der Waals surface area contributed by atoms with Crippen LogP contribution in [0, 0.1) is 5.82 Å². The van der Waals surface area contributed by atoms with E-state index >= 15 is 0 Å². The van der Waals surface area contributed by atoms with Gasteiger partial charge in [0.15, 0.2) is 0 Å².